The van der Waals surface area contributed by atoms with Crippen molar-refractivity contribution in [3.8, 4) is 0 Å². The number of aromatic nitrogens is 1. The lowest BCUT2D eigenvalue weighted by Crippen LogP contribution is -2.10. The molecule has 0 aliphatic rings. The van der Waals surface area contributed by atoms with Gasteiger partial charge in [-0.05, 0) is 24.3 Å². The molecule has 13 heavy (non-hydrogen) atoms. The number of pyridine rings is 1. The van der Waals surface area contributed by atoms with Gasteiger partial charge in [0.25, 0.3) is 0 Å². The Bertz CT molecular complexity index is 246. The van der Waals surface area contributed by atoms with Gasteiger partial charge in [0.2, 0.25) is 0 Å². The van der Waals surface area contributed by atoms with Crippen molar-refractivity contribution in [1.29, 1.82) is 0 Å². The normalized spacial score (nSPS) is 12.8. The van der Waals surface area contributed by atoms with E-state index in [-0.39, 0.29) is 6.04 Å². The van der Waals surface area contributed by atoms with E-state index in [1.165, 1.54) is 4.90 Å². The number of hydrogen-bond donors (Lipinski definition) is 1. The summed E-state index contributed by atoms with van der Waals surface area (Å²) in [6, 6.07) is 4.19. The van der Waals surface area contributed by atoms with Gasteiger partial charge in [-0.15, -0.1) is 11.8 Å². The Morgan fingerprint density at radius 1 is 1.46 bits per heavy atom. The Hall–Kier alpha value is -0.540. The molecule has 1 rings (SSSR count). The van der Waals surface area contributed by atoms with Crippen LogP contribution < -0.4 is 5.73 Å². The van der Waals surface area contributed by atoms with Gasteiger partial charge in [-0.25, -0.2) is 0 Å². The molecule has 0 radical (unpaired) electrons. The maximum Gasteiger partial charge on any atom is 0.0571 e. The lowest BCUT2D eigenvalue weighted by molar-refractivity contribution is 0.674. The third-order valence-corrected chi connectivity index (χ3v) is 2.75. The molecule has 0 saturated heterocycles. The third kappa shape index (κ3) is 3.01. The lowest BCUT2D eigenvalue weighted by Gasteiger charge is -2.07. The SMILES string of the molecule is CCSc1ccc(C(N)CC)nc1. The van der Waals surface area contributed by atoms with Crippen molar-refractivity contribution >= 4 is 11.8 Å². The highest BCUT2D eigenvalue weighted by molar-refractivity contribution is 7.99. The Balaban J connectivity index is 2.69. The summed E-state index contributed by atoms with van der Waals surface area (Å²) < 4.78 is 0. The molecule has 0 aliphatic carbocycles. The maximum atomic E-state index is 5.85. The fraction of sp³-hybridized carbons (Fsp3) is 0.500. The van der Waals surface area contributed by atoms with Crippen LogP contribution in [-0.2, 0) is 0 Å². The van der Waals surface area contributed by atoms with Gasteiger partial charge in [0, 0.05) is 17.1 Å². The minimum absolute atomic E-state index is 0.0840. The predicted molar refractivity (Wildman–Crippen MR) is 57.9 cm³/mol. The topological polar surface area (TPSA) is 38.9 Å². The van der Waals surface area contributed by atoms with Gasteiger partial charge >= 0.3 is 0 Å². The van der Waals surface area contributed by atoms with Gasteiger partial charge < -0.3 is 5.73 Å². The highest BCUT2D eigenvalue weighted by Crippen LogP contribution is 2.18. The first kappa shape index (κ1) is 10.5. The van der Waals surface area contributed by atoms with Crippen molar-refractivity contribution in [2.24, 2.45) is 5.73 Å². The molecule has 0 saturated carbocycles. The van der Waals surface area contributed by atoms with E-state index in [0.29, 0.717) is 0 Å². The second-order valence-electron chi connectivity index (χ2n) is 2.87. The summed E-state index contributed by atoms with van der Waals surface area (Å²) in [5.74, 6) is 1.08. The average molecular weight is 196 g/mol. The standard InChI is InChI=1S/C10H16N2S/c1-3-9(11)10-6-5-8(7-12-10)13-4-2/h5-7,9H,3-4,11H2,1-2H3. The number of hydrogen-bond acceptors (Lipinski definition) is 3. The van der Waals surface area contributed by atoms with Crippen molar-refractivity contribution in [2.45, 2.75) is 31.2 Å². The van der Waals surface area contributed by atoms with Crippen LogP contribution in [0, 0.1) is 0 Å². The first-order valence-electron chi connectivity index (χ1n) is 4.62. The monoisotopic (exact) mass is 196 g/mol. The third-order valence-electron chi connectivity index (χ3n) is 1.89. The van der Waals surface area contributed by atoms with Crippen LogP contribution in [0.5, 0.6) is 0 Å². The van der Waals surface area contributed by atoms with Gasteiger partial charge in [-0.2, -0.15) is 0 Å². The first-order chi connectivity index (χ1) is 6.27. The second kappa shape index (κ2) is 5.25. The smallest absolute Gasteiger partial charge is 0.0571 e. The molecule has 1 heterocycles. The maximum absolute atomic E-state index is 5.85. The molecular weight excluding hydrogens is 180 g/mol. The Kier molecular flexibility index (Phi) is 4.25. The van der Waals surface area contributed by atoms with Crippen molar-refractivity contribution < 1.29 is 0 Å². The summed E-state index contributed by atoms with van der Waals surface area (Å²) in [5.41, 5.74) is 6.84. The van der Waals surface area contributed by atoms with Crippen molar-refractivity contribution in [2.75, 3.05) is 5.75 Å². The number of rotatable bonds is 4. The van der Waals surface area contributed by atoms with E-state index in [1.54, 1.807) is 11.8 Å². The Labute approximate surface area is 83.9 Å². The van der Waals surface area contributed by atoms with Crippen molar-refractivity contribution in [1.82, 2.24) is 4.98 Å². The molecular formula is C10H16N2S. The van der Waals surface area contributed by atoms with Gasteiger partial charge in [0.15, 0.2) is 0 Å². The second-order valence-corrected chi connectivity index (χ2v) is 4.20. The van der Waals surface area contributed by atoms with E-state index in [2.05, 4.69) is 24.9 Å². The minimum Gasteiger partial charge on any atom is -0.323 e. The van der Waals surface area contributed by atoms with Crippen LogP contribution >= 0.6 is 11.8 Å². The van der Waals surface area contributed by atoms with Gasteiger partial charge in [-0.1, -0.05) is 13.8 Å². The predicted octanol–water partition coefficient (Wildman–Crippen LogP) is 2.60. The van der Waals surface area contributed by atoms with Crippen molar-refractivity contribution in [3.05, 3.63) is 24.0 Å². The average Bonchev–Trinajstić information content (AvgIpc) is 2.18. The summed E-state index contributed by atoms with van der Waals surface area (Å²) >= 11 is 1.80. The molecule has 1 aromatic rings. The molecule has 0 aliphatic heterocycles. The molecule has 0 aromatic carbocycles. The van der Waals surface area contributed by atoms with E-state index in [1.807, 2.05) is 12.3 Å². The fourth-order valence-electron chi connectivity index (χ4n) is 1.07. The molecule has 2 N–H and O–H groups in total. The van der Waals surface area contributed by atoms with Crippen LogP contribution in [0.2, 0.25) is 0 Å². The molecule has 3 heteroatoms. The van der Waals surface area contributed by atoms with Crippen LogP contribution in [0.4, 0.5) is 0 Å². The molecule has 1 unspecified atom stereocenters. The fourth-order valence-corrected chi connectivity index (χ4v) is 1.70. The quantitative estimate of drug-likeness (QED) is 0.752. The van der Waals surface area contributed by atoms with E-state index in [4.69, 9.17) is 5.73 Å². The summed E-state index contributed by atoms with van der Waals surface area (Å²) in [5, 5.41) is 0. The zero-order valence-corrected chi connectivity index (χ0v) is 8.97. The minimum atomic E-state index is 0.0840. The van der Waals surface area contributed by atoms with Gasteiger partial charge in [0.05, 0.1) is 5.69 Å². The molecule has 1 aromatic heterocycles. The molecule has 72 valence electrons. The van der Waals surface area contributed by atoms with E-state index >= 15 is 0 Å². The molecule has 1 atom stereocenters. The number of thioether (sulfide) groups is 1. The molecule has 0 fully saturated rings. The largest absolute Gasteiger partial charge is 0.323 e. The van der Waals surface area contributed by atoms with Gasteiger partial charge in [0.1, 0.15) is 0 Å². The summed E-state index contributed by atoms with van der Waals surface area (Å²) in [6.07, 6.45) is 2.84. The van der Waals surface area contributed by atoms with E-state index < -0.39 is 0 Å². The number of nitrogens with two attached hydrogens (primary N) is 1. The van der Waals surface area contributed by atoms with Crippen molar-refractivity contribution in [3.63, 3.8) is 0 Å². The van der Waals surface area contributed by atoms with Crippen LogP contribution in [0.1, 0.15) is 32.0 Å². The zero-order chi connectivity index (χ0) is 9.68. The number of nitrogens with zero attached hydrogens (tertiary/aromatic N) is 1. The van der Waals surface area contributed by atoms with E-state index in [9.17, 15) is 0 Å². The summed E-state index contributed by atoms with van der Waals surface area (Å²) in [4.78, 5) is 5.54. The van der Waals surface area contributed by atoms with Crippen LogP contribution in [0.25, 0.3) is 0 Å². The van der Waals surface area contributed by atoms with E-state index in [0.717, 1.165) is 17.9 Å². The molecule has 0 spiro atoms. The van der Waals surface area contributed by atoms with Crippen LogP contribution in [-0.4, -0.2) is 10.7 Å². The molecule has 2 nitrogen and oxygen atoms in total. The summed E-state index contributed by atoms with van der Waals surface area (Å²) in [6.45, 7) is 4.21. The molecule has 0 amide bonds. The van der Waals surface area contributed by atoms with Gasteiger partial charge in [-0.3, -0.25) is 4.98 Å². The lowest BCUT2D eigenvalue weighted by atomic mass is 10.1. The Morgan fingerprint density at radius 3 is 2.69 bits per heavy atom. The highest BCUT2D eigenvalue weighted by atomic mass is 32.2. The summed E-state index contributed by atoms with van der Waals surface area (Å²) in [7, 11) is 0. The Morgan fingerprint density at radius 2 is 2.23 bits per heavy atom. The zero-order valence-electron chi connectivity index (χ0n) is 8.16. The first-order valence-corrected chi connectivity index (χ1v) is 5.60. The molecule has 0 bridgehead atoms. The van der Waals surface area contributed by atoms with Crippen LogP contribution in [0.3, 0.4) is 0 Å². The highest BCUT2D eigenvalue weighted by Gasteiger charge is 2.03. The van der Waals surface area contributed by atoms with Crippen LogP contribution in [0.15, 0.2) is 23.2 Å².